The van der Waals surface area contributed by atoms with E-state index in [0.29, 0.717) is 11.6 Å². The first kappa shape index (κ1) is 14.6. The topological polar surface area (TPSA) is 42.2 Å². The van der Waals surface area contributed by atoms with Gasteiger partial charge < -0.3 is 9.67 Å². The molecule has 0 atom stereocenters. The van der Waals surface area contributed by atoms with E-state index in [4.69, 9.17) is 0 Å². The first-order chi connectivity index (χ1) is 9.45. The molecule has 3 heteroatoms. The van der Waals surface area contributed by atoms with Crippen LogP contribution in [0, 0.1) is 6.92 Å². The molecule has 2 rings (SSSR count). The lowest BCUT2D eigenvalue weighted by molar-refractivity contribution is 0.0696. The van der Waals surface area contributed by atoms with E-state index in [9.17, 15) is 9.90 Å². The minimum absolute atomic E-state index is 0.378. The summed E-state index contributed by atoms with van der Waals surface area (Å²) in [6.07, 6.45) is 5.48. The third-order valence-corrected chi connectivity index (χ3v) is 3.85. The lowest BCUT2D eigenvalue weighted by atomic mass is 10.0. The first-order valence-electron chi connectivity index (χ1n) is 7.33. The summed E-state index contributed by atoms with van der Waals surface area (Å²) in [5, 5.41) is 10.4. The molecule has 0 amide bonds. The van der Waals surface area contributed by atoms with Crippen LogP contribution in [-0.4, -0.2) is 15.6 Å². The molecule has 0 aliphatic heterocycles. The van der Waals surface area contributed by atoms with E-state index in [1.807, 2.05) is 19.1 Å². The van der Waals surface area contributed by atoms with E-state index in [0.717, 1.165) is 35.7 Å². The third-order valence-electron chi connectivity index (χ3n) is 3.85. The molecule has 0 bridgehead atoms. The van der Waals surface area contributed by atoms with Crippen molar-refractivity contribution < 1.29 is 9.90 Å². The Hall–Kier alpha value is -1.77. The Morgan fingerprint density at radius 3 is 2.60 bits per heavy atom. The maximum absolute atomic E-state index is 11.3. The SMILES string of the molecule is CCCCc1cn(C(C)C)c2cc(C)c(C(=O)O)cc12. The zero-order valence-electron chi connectivity index (χ0n) is 12.7. The number of aromatic carboxylic acids is 1. The first-order valence-corrected chi connectivity index (χ1v) is 7.33. The van der Waals surface area contributed by atoms with Gasteiger partial charge in [0.05, 0.1) is 5.56 Å². The maximum atomic E-state index is 11.3. The number of carbonyl (C=O) groups is 1. The number of hydrogen-bond donors (Lipinski definition) is 1. The van der Waals surface area contributed by atoms with Crippen molar-refractivity contribution in [3.63, 3.8) is 0 Å². The molecule has 0 saturated carbocycles. The standard InChI is InChI=1S/C17H23NO2/c1-5-6-7-13-10-18(11(2)3)16-8-12(4)14(17(19)20)9-15(13)16/h8-11H,5-7H2,1-4H3,(H,19,20). The molecule has 2 aromatic rings. The van der Waals surface area contributed by atoms with E-state index in [-0.39, 0.29) is 0 Å². The number of aryl methyl sites for hydroxylation is 2. The summed E-state index contributed by atoms with van der Waals surface area (Å²) in [7, 11) is 0. The lowest BCUT2D eigenvalue weighted by Crippen LogP contribution is -2.02. The van der Waals surface area contributed by atoms with Gasteiger partial charge in [-0.25, -0.2) is 4.79 Å². The van der Waals surface area contributed by atoms with Crippen molar-refractivity contribution in [1.82, 2.24) is 4.57 Å². The van der Waals surface area contributed by atoms with Gasteiger partial charge >= 0.3 is 5.97 Å². The number of hydrogen-bond acceptors (Lipinski definition) is 1. The fourth-order valence-electron chi connectivity index (χ4n) is 2.69. The van der Waals surface area contributed by atoms with Crippen LogP contribution in [0.2, 0.25) is 0 Å². The van der Waals surface area contributed by atoms with Gasteiger partial charge in [0, 0.05) is 23.1 Å². The van der Waals surface area contributed by atoms with Crippen LogP contribution in [0.3, 0.4) is 0 Å². The number of benzene rings is 1. The average molecular weight is 273 g/mol. The minimum atomic E-state index is -0.844. The van der Waals surface area contributed by atoms with Crippen LogP contribution in [-0.2, 0) is 6.42 Å². The van der Waals surface area contributed by atoms with Crippen LogP contribution in [0.25, 0.3) is 10.9 Å². The monoisotopic (exact) mass is 273 g/mol. The number of nitrogens with zero attached hydrogens (tertiary/aromatic N) is 1. The van der Waals surface area contributed by atoms with Crippen molar-refractivity contribution in [3.05, 3.63) is 35.0 Å². The molecule has 1 N–H and O–H groups in total. The van der Waals surface area contributed by atoms with Crippen molar-refractivity contribution in [3.8, 4) is 0 Å². The Morgan fingerprint density at radius 1 is 1.35 bits per heavy atom. The smallest absolute Gasteiger partial charge is 0.335 e. The predicted octanol–water partition coefficient (Wildman–Crippen LogP) is 4.57. The Balaban J connectivity index is 2.67. The summed E-state index contributed by atoms with van der Waals surface area (Å²) >= 11 is 0. The quantitative estimate of drug-likeness (QED) is 0.867. The van der Waals surface area contributed by atoms with Gasteiger partial charge in [-0.15, -0.1) is 0 Å². The van der Waals surface area contributed by atoms with Gasteiger partial charge in [0.2, 0.25) is 0 Å². The molecular formula is C17H23NO2. The van der Waals surface area contributed by atoms with Crippen molar-refractivity contribution >= 4 is 16.9 Å². The van der Waals surface area contributed by atoms with Crippen LogP contribution in [0.1, 0.15) is 61.1 Å². The Bertz CT molecular complexity index is 638. The van der Waals surface area contributed by atoms with Gasteiger partial charge in [-0.2, -0.15) is 0 Å². The molecule has 1 aromatic heterocycles. The van der Waals surface area contributed by atoms with Gasteiger partial charge in [0.15, 0.2) is 0 Å². The van der Waals surface area contributed by atoms with E-state index in [1.54, 1.807) is 0 Å². The van der Waals surface area contributed by atoms with Crippen molar-refractivity contribution in [2.24, 2.45) is 0 Å². The zero-order chi connectivity index (χ0) is 14.9. The highest BCUT2D eigenvalue weighted by Gasteiger charge is 2.15. The van der Waals surface area contributed by atoms with Gasteiger partial charge in [-0.05, 0) is 56.9 Å². The highest BCUT2D eigenvalue weighted by Crippen LogP contribution is 2.29. The van der Waals surface area contributed by atoms with Crippen LogP contribution in [0.15, 0.2) is 18.3 Å². The van der Waals surface area contributed by atoms with E-state index in [2.05, 4.69) is 31.5 Å². The average Bonchev–Trinajstić information content (AvgIpc) is 2.73. The molecular weight excluding hydrogens is 250 g/mol. The number of unbranched alkanes of at least 4 members (excludes halogenated alkanes) is 1. The summed E-state index contributed by atoms with van der Waals surface area (Å²) in [5.74, 6) is -0.844. The highest BCUT2D eigenvalue weighted by molar-refractivity contribution is 5.96. The molecule has 0 fully saturated rings. The van der Waals surface area contributed by atoms with Gasteiger partial charge in [-0.1, -0.05) is 13.3 Å². The highest BCUT2D eigenvalue weighted by atomic mass is 16.4. The molecule has 3 nitrogen and oxygen atoms in total. The molecule has 0 saturated heterocycles. The molecule has 0 radical (unpaired) electrons. The zero-order valence-corrected chi connectivity index (χ0v) is 12.7. The summed E-state index contributed by atoms with van der Waals surface area (Å²) in [6.45, 7) is 8.35. The molecule has 1 heterocycles. The van der Waals surface area contributed by atoms with Gasteiger partial charge in [0.25, 0.3) is 0 Å². The van der Waals surface area contributed by atoms with Crippen LogP contribution in [0.5, 0.6) is 0 Å². The summed E-state index contributed by atoms with van der Waals surface area (Å²) < 4.78 is 2.25. The third kappa shape index (κ3) is 2.58. The molecule has 1 aromatic carbocycles. The Morgan fingerprint density at radius 2 is 2.05 bits per heavy atom. The molecule has 0 unspecified atom stereocenters. The number of fused-ring (bicyclic) bond motifs is 1. The van der Waals surface area contributed by atoms with Crippen LogP contribution < -0.4 is 0 Å². The predicted molar refractivity (Wildman–Crippen MR) is 82.6 cm³/mol. The number of rotatable bonds is 5. The largest absolute Gasteiger partial charge is 0.478 e. The number of carboxylic acids is 1. The molecule has 108 valence electrons. The van der Waals surface area contributed by atoms with Crippen molar-refractivity contribution in [1.29, 1.82) is 0 Å². The molecule has 0 aliphatic carbocycles. The van der Waals surface area contributed by atoms with Crippen LogP contribution in [0.4, 0.5) is 0 Å². The maximum Gasteiger partial charge on any atom is 0.335 e. The molecule has 0 spiro atoms. The summed E-state index contributed by atoms with van der Waals surface area (Å²) in [6, 6.07) is 4.23. The number of carboxylic acid groups (broad SMARTS) is 1. The molecule has 20 heavy (non-hydrogen) atoms. The van der Waals surface area contributed by atoms with Crippen molar-refractivity contribution in [2.75, 3.05) is 0 Å². The second kappa shape index (κ2) is 5.70. The summed E-state index contributed by atoms with van der Waals surface area (Å²) in [5.41, 5.74) is 3.65. The second-order valence-corrected chi connectivity index (χ2v) is 5.75. The fourth-order valence-corrected chi connectivity index (χ4v) is 2.69. The minimum Gasteiger partial charge on any atom is -0.478 e. The lowest BCUT2D eigenvalue weighted by Gasteiger charge is -2.10. The summed E-state index contributed by atoms with van der Waals surface area (Å²) in [4.78, 5) is 11.3. The van der Waals surface area contributed by atoms with E-state index < -0.39 is 5.97 Å². The Labute approximate surface area is 120 Å². The van der Waals surface area contributed by atoms with Gasteiger partial charge in [0.1, 0.15) is 0 Å². The van der Waals surface area contributed by atoms with Gasteiger partial charge in [-0.3, -0.25) is 0 Å². The van der Waals surface area contributed by atoms with E-state index in [1.165, 1.54) is 5.56 Å². The van der Waals surface area contributed by atoms with E-state index >= 15 is 0 Å². The fraction of sp³-hybridized carbons (Fsp3) is 0.471. The normalized spacial score (nSPS) is 11.4. The second-order valence-electron chi connectivity index (χ2n) is 5.75. The van der Waals surface area contributed by atoms with Crippen LogP contribution >= 0.6 is 0 Å². The Kier molecular flexibility index (Phi) is 4.17. The number of aromatic nitrogens is 1. The molecule has 0 aliphatic rings. The van der Waals surface area contributed by atoms with Crippen molar-refractivity contribution in [2.45, 2.75) is 53.0 Å².